The number of hydrogen-bond donors (Lipinski definition) is 0. The highest BCUT2D eigenvalue weighted by atomic mass is 16.6. The predicted octanol–water partition coefficient (Wildman–Crippen LogP) is 5.32. The van der Waals surface area contributed by atoms with E-state index in [2.05, 4.69) is 13.2 Å². The number of carbonyl (C=O) groups excluding carboxylic acids is 3. The molecule has 0 fully saturated rings. The molecular weight excluding hydrogens is 372 g/mol. The van der Waals surface area contributed by atoms with Gasteiger partial charge in [-0.3, -0.25) is 0 Å². The number of hydrogen-bond acceptors (Lipinski definition) is 6. The minimum atomic E-state index is -0.407. The van der Waals surface area contributed by atoms with Crippen LogP contribution in [0.2, 0.25) is 0 Å². The van der Waals surface area contributed by atoms with Crippen LogP contribution in [0, 0.1) is 0 Å². The van der Waals surface area contributed by atoms with Gasteiger partial charge in [-0.1, -0.05) is 19.2 Å². The van der Waals surface area contributed by atoms with E-state index in [0.717, 1.165) is 6.08 Å². The molecule has 0 heterocycles. The Morgan fingerprint density at radius 3 is 1.24 bits per heavy atom. The molecule has 0 rings (SSSR count). The van der Waals surface area contributed by atoms with Crippen LogP contribution in [0.4, 0.5) is 0 Å². The summed E-state index contributed by atoms with van der Waals surface area (Å²) in [6.45, 7) is 26.6. The van der Waals surface area contributed by atoms with Crippen LogP contribution in [0.5, 0.6) is 0 Å². The zero-order chi connectivity index (χ0) is 24.1. The first-order chi connectivity index (χ1) is 12.7. The van der Waals surface area contributed by atoms with Gasteiger partial charge in [0.15, 0.2) is 0 Å². The Bertz CT molecular complexity index is 578. The second-order valence-corrected chi connectivity index (χ2v) is 9.05. The van der Waals surface area contributed by atoms with Crippen LogP contribution in [0.1, 0.15) is 76.2 Å². The van der Waals surface area contributed by atoms with Crippen molar-refractivity contribution in [1.82, 2.24) is 0 Å². The van der Waals surface area contributed by atoms with E-state index in [1.54, 1.807) is 19.9 Å². The van der Waals surface area contributed by atoms with Gasteiger partial charge in [0.25, 0.3) is 0 Å². The summed E-state index contributed by atoms with van der Waals surface area (Å²) >= 11 is 0. The van der Waals surface area contributed by atoms with Crippen molar-refractivity contribution in [1.29, 1.82) is 0 Å². The zero-order valence-electron chi connectivity index (χ0n) is 20.1. The van der Waals surface area contributed by atoms with Crippen LogP contribution >= 0.6 is 0 Å². The van der Waals surface area contributed by atoms with Crippen molar-refractivity contribution >= 4 is 17.9 Å². The van der Waals surface area contributed by atoms with Gasteiger partial charge in [0.05, 0.1) is 0 Å². The smallest absolute Gasteiger partial charge is 0.333 e. The SMILES string of the molecule is C/C=C/C(=O)OC(C)(C)C.C=C(C)C(=O)OC(C)(C)C.C=CC(=O)OC(C)(C)C. The lowest BCUT2D eigenvalue weighted by Crippen LogP contribution is -2.23. The van der Waals surface area contributed by atoms with Crippen LogP contribution in [0.3, 0.4) is 0 Å². The quantitative estimate of drug-likeness (QED) is 0.354. The van der Waals surface area contributed by atoms with Crippen LogP contribution in [0.15, 0.2) is 37.0 Å². The minimum Gasteiger partial charge on any atom is -0.457 e. The molecule has 0 saturated heterocycles. The molecular formula is C23H40O6. The van der Waals surface area contributed by atoms with E-state index >= 15 is 0 Å². The molecule has 0 unspecified atom stereocenters. The molecule has 0 N–H and O–H groups in total. The lowest BCUT2D eigenvalue weighted by Gasteiger charge is -2.19. The van der Waals surface area contributed by atoms with Crippen LogP contribution < -0.4 is 0 Å². The van der Waals surface area contributed by atoms with E-state index in [4.69, 9.17) is 14.2 Å². The minimum absolute atomic E-state index is 0.282. The molecule has 0 aliphatic heterocycles. The lowest BCUT2D eigenvalue weighted by atomic mass is 10.2. The Morgan fingerprint density at radius 2 is 1.07 bits per heavy atom. The summed E-state index contributed by atoms with van der Waals surface area (Å²) in [5.74, 6) is -0.981. The summed E-state index contributed by atoms with van der Waals surface area (Å²) in [5.41, 5.74) is -0.743. The van der Waals surface area contributed by atoms with E-state index in [9.17, 15) is 14.4 Å². The van der Waals surface area contributed by atoms with E-state index in [0.29, 0.717) is 5.57 Å². The second-order valence-electron chi connectivity index (χ2n) is 9.05. The molecule has 0 aliphatic rings. The van der Waals surface area contributed by atoms with Crippen molar-refractivity contribution in [3.63, 3.8) is 0 Å². The van der Waals surface area contributed by atoms with Gasteiger partial charge in [0.2, 0.25) is 0 Å². The summed E-state index contributed by atoms with van der Waals surface area (Å²) in [4.78, 5) is 32.1. The number of allylic oxidation sites excluding steroid dienone is 1. The summed E-state index contributed by atoms with van der Waals surface area (Å²) in [5, 5.41) is 0. The maximum Gasteiger partial charge on any atom is 0.333 e. The van der Waals surface area contributed by atoms with Gasteiger partial charge in [0, 0.05) is 17.7 Å². The molecule has 0 aliphatic carbocycles. The third-order valence-electron chi connectivity index (χ3n) is 2.03. The summed E-state index contributed by atoms with van der Waals surface area (Å²) in [7, 11) is 0. The van der Waals surface area contributed by atoms with Gasteiger partial charge in [-0.2, -0.15) is 0 Å². The van der Waals surface area contributed by atoms with Gasteiger partial charge in [-0.05, 0) is 76.2 Å². The Morgan fingerprint density at radius 1 is 0.724 bits per heavy atom. The van der Waals surface area contributed by atoms with Crippen LogP contribution in [-0.4, -0.2) is 34.7 Å². The van der Waals surface area contributed by atoms with Crippen LogP contribution in [0.25, 0.3) is 0 Å². The number of esters is 3. The fraction of sp³-hybridized carbons (Fsp3) is 0.609. The second kappa shape index (κ2) is 13.7. The molecule has 0 spiro atoms. The Balaban J connectivity index is -0.000000350. The molecule has 0 aromatic rings. The van der Waals surface area contributed by atoms with E-state index in [-0.39, 0.29) is 23.5 Å². The van der Waals surface area contributed by atoms with Crippen LogP contribution in [-0.2, 0) is 28.6 Å². The standard InChI is InChI=1S/2C8H14O2.C7H12O2/c1-6(2)7(9)10-8(3,4)5;1-5-6-7(9)10-8(2,3)4;1-5-6(8)9-7(2,3)4/h1H2,2-5H3;5-6H,1-4H3;5H,1H2,2-4H3/b;6-5+;. The lowest BCUT2D eigenvalue weighted by molar-refractivity contribution is -0.150. The summed E-state index contributed by atoms with van der Waals surface area (Å²) in [6.07, 6.45) is 4.23. The summed E-state index contributed by atoms with van der Waals surface area (Å²) in [6, 6.07) is 0. The van der Waals surface area contributed by atoms with Crippen molar-refractivity contribution in [3.8, 4) is 0 Å². The number of ether oxygens (including phenoxy) is 3. The molecule has 6 heteroatoms. The maximum absolute atomic E-state index is 10.8. The monoisotopic (exact) mass is 412 g/mol. The predicted molar refractivity (Wildman–Crippen MR) is 117 cm³/mol. The zero-order valence-corrected chi connectivity index (χ0v) is 20.1. The third kappa shape index (κ3) is 30.6. The average Bonchev–Trinajstić information content (AvgIpc) is 2.43. The first-order valence-corrected chi connectivity index (χ1v) is 9.34. The summed E-state index contributed by atoms with van der Waals surface area (Å²) < 4.78 is 14.7. The van der Waals surface area contributed by atoms with Gasteiger partial charge in [0.1, 0.15) is 16.8 Å². The average molecular weight is 413 g/mol. The number of rotatable bonds is 3. The molecule has 0 atom stereocenters. The van der Waals surface area contributed by atoms with Gasteiger partial charge in [-0.15, -0.1) is 0 Å². The van der Waals surface area contributed by atoms with Gasteiger partial charge >= 0.3 is 17.9 Å². The van der Waals surface area contributed by atoms with Crippen molar-refractivity contribution in [3.05, 3.63) is 37.0 Å². The largest absolute Gasteiger partial charge is 0.457 e. The van der Waals surface area contributed by atoms with E-state index in [1.807, 2.05) is 62.3 Å². The highest BCUT2D eigenvalue weighted by Crippen LogP contribution is 2.09. The van der Waals surface area contributed by atoms with Gasteiger partial charge < -0.3 is 14.2 Å². The fourth-order valence-electron chi connectivity index (χ4n) is 1.18. The van der Waals surface area contributed by atoms with Crippen molar-refractivity contribution < 1.29 is 28.6 Å². The Kier molecular flexibility index (Phi) is 14.9. The maximum atomic E-state index is 10.8. The third-order valence-corrected chi connectivity index (χ3v) is 2.03. The highest BCUT2D eigenvalue weighted by Gasteiger charge is 2.16. The molecule has 0 aromatic heterocycles. The molecule has 0 bridgehead atoms. The normalized spacial score (nSPS) is 11.1. The molecule has 29 heavy (non-hydrogen) atoms. The first-order valence-electron chi connectivity index (χ1n) is 9.34. The Hall–Kier alpha value is -2.37. The fourth-order valence-corrected chi connectivity index (χ4v) is 1.18. The highest BCUT2D eigenvalue weighted by molar-refractivity contribution is 5.87. The molecule has 0 saturated carbocycles. The molecule has 0 radical (unpaired) electrons. The topological polar surface area (TPSA) is 78.9 Å². The molecule has 168 valence electrons. The molecule has 6 nitrogen and oxygen atoms in total. The van der Waals surface area contributed by atoms with Crippen molar-refractivity contribution in [2.75, 3.05) is 0 Å². The first kappa shape index (κ1) is 31.3. The molecule has 0 aromatic carbocycles. The van der Waals surface area contributed by atoms with Crippen molar-refractivity contribution in [2.45, 2.75) is 93.0 Å². The Labute approximate surface area is 177 Å². The van der Waals surface area contributed by atoms with Crippen molar-refractivity contribution in [2.24, 2.45) is 0 Å². The van der Waals surface area contributed by atoms with E-state index < -0.39 is 11.2 Å². The van der Waals surface area contributed by atoms with Gasteiger partial charge in [-0.25, -0.2) is 14.4 Å². The molecule has 0 amide bonds. The number of carbonyl (C=O) groups is 3. The van der Waals surface area contributed by atoms with E-state index in [1.165, 1.54) is 6.08 Å².